The number of hydrogen-bond acceptors (Lipinski definition) is 6. The van der Waals surface area contributed by atoms with E-state index in [2.05, 4.69) is 5.32 Å². The summed E-state index contributed by atoms with van der Waals surface area (Å²) in [6.07, 6.45) is 0. The largest absolute Gasteiger partial charge is 0.490 e. The molecule has 172 valence electrons. The van der Waals surface area contributed by atoms with Gasteiger partial charge in [0.2, 0.25) is 0 Å². The van der Waals surface area contributed by atoms with Crippen molar-refractivity contribution in [2.24, 2.45) is 0 Å². The second kappa shape index (κ2) is 9.32. The van der Waals surface area contributed by atoms with Crippen LogP contribution in [0.15, 0.2) is 53.2 Å². The maximum atomic E-state index is 13.6. The number of dihydropyridines is 1. The molecule has 0 saturated carbocycles. The minimum atomic E-state index is -0.674. The summed E-state index contributed by atoms with van der Waals surface area (Å²) in [5, 5.41) is 3.64. The smallest absolute Gasteiger partial charge is 0.336 e. The van der Waals surface area contributed by atoms with Crippen molar-refractivity contribution in [2.45, 2.75) is 33.6 Å². The van der Waals surface area contributed by atoms with E-state index in [1.807, 2.05) is 39.0 Å². The first-order chi connectivity index (χ1) is 15.9. The number of hydrogen-bond donors (Lipinski definition) is 1. The highest BCUT2D eigenvalue weighted by Gasteiger charge is 2.43. The lowest BCUT2D eigenvalue weighted by Gasteiger charge is -2.30. The molecule has 0 bridgehead atoms. The monoisotopic (exact) mass is 467 g/mol. The van der Waals surface area contributed by atoms with Gasteiger partial charge in [0.1, 0.15) is 0 Å². The fourth-order valence-corrected chi connectivity index (χ4v) is 4.72. The van der Waals surface area contributed by atoms with E-state index in [9.17, 15) is 9.59 Å². The van der Waals surface area contributed by atoms with Crippen molar-refractivity contribution in [3.05, 3.63) is 75.0 Å². The predicted octanol–water partition coefficient (Wildman–Crippen LogP) is 5.27. The summed E-state index contributed by atoms with van der Waals surface area (Å²) >= 11 is 6.61. The Morgan fingerprint density at radius 1 is 1.03 bits per heavy atom. The molecular weight excluding hydrogens is 442 g/mol. The van der Waals surface area contributed by atoms with Gasteiger partial charge >= 0.3 is 5.97 Å². The van der Waals surface area contributed by atoms with E-state index in [-0.39, 0.29) is 12.4 Å². The maximum Gasteiger partial charge on any atom is 0.336 e. The second-order valence-electron chi connectivity index (χ2n) is 7.68. The van der Waals surface area contributed by atoms with E-state index in [0.29, 0.717) is 63.4 Å². The van der Waals surface area contributed by atoms with Crippen LogP contribution in [-0.2, 0) is 9.53 Å². The van der Waals surface area contributed by atoms with Crippen LogP contribution in [0.5, 0.6) is 11.5 Å². The van der Waals surface area contributed by atoms with Gasteiger partial charge in [-0.1, -0.05) is 35.9 Å². The van der Waals surface area contributed by atoms with E-state index >= 15 is 0 Å². The van der Waals surface area contributed by atoms with Crippen molar-refractivity contribution < 1.29 is 23.8 Å². The average Bonchev–Trinajstić information content (AvgIpc) is 3.07. The minimum absolute atomic E-state index is 0.129. The van der Waals surface area contributed by atoms with Gasteiger partial charge in [-0.25, -0.2) is 4.79 Å². The van der Waals surface area contributed by atoms with Gasteiger partial charge in [0.15, 0.2) is 17.3 Å². The number of ketones is 1. The molecule has 4 rings (SSSR count). The van der Waals surface area contributed by atoms with Gasteiger partial charge in [0.25, 0.3) is 0 Å². The van der Waals surface area contributed by atoms with Gasteiger partial charge in [-0.15, -0.1) is 0 Å². The summed E-state index contributed by atoms with van der Waals surface area (Å²) in [6.45, 7) is 8.34. The topological polar surface area (TPSA) is 73.9 Å². The van der Waals surface area contributed by atoms with E-state index in [1.165, 1.54) is 0 Å². The number of benzene rings is 2. The Kier molecular flexibility index (Phi) is 6.47. The first-order valence-corrected chi connectivity index (χ1v) is 11.4. The molecule has 1 heterocycles. The minimum Gasteiger partial charge on any atom is -0.490 e. The molecule has 2 aliphatic rings. The van der Waals surface area contributed by atoms with Crippen LogP contribution in [0, 0.1) is 0 Å². The van der Waals surface area contributed by atoms with Crippen LogP contribution >= 0.6 is 11.6 Å². The number of ether oxygens (including phenoxy) is 3. The van der Waals surface area contributed by atoms with Crippen LogP contribution in [0.1, 0.15) is 55.1 Å². The number of carbonyl (C=O) groups is 2. The fourth-order valence-electron chi connectivity index (χ4n) is 4.44. The summed E-state index contributed by atoms with van der Waals surface area (Å²) in [5.74, 6) is -0.382. The molecule has 33 heavy (non-hydrogen) atoms. The third-order valence-corrected chi connectivity index (χ3v) is 5.98. The van der Waals surface area contributed by atoms with Crippen LogP contribution in [0.4, 0.5) is 0 Å². The van der Waals surface area contributed by atoms with Gasteiger partial charge < -0.3 is 19.5 Å². The van der Waals surface area contributed by atoms with E-state index in [1.54, 1.807) is 25.1 Å². The van der Waals surface area contributed by atoms with Gasteiger partial charge in [-0.2, -0.15) is 0 Å². The highest BCUT2D eigenvalue weighted by molar-refractivity contribution is 6.32. The molecular formula is C26H26ClNO5. The Hall–Kier alpha value is -3.25. The highest BCUT2D eigenvalue weighted by atomic mass is 35.5. The summed E-state index contributed by atoms with van der Waals surface area (Å²) in [7, 11) is 0. The van der Waals surface area contributed by atoms with Gasteiger partial charge in [0, 0.05) is 28.3 Å². The molecule has 0 unspecified atom stereocenters. The lowest BCUT2D eigenvalue weighted by atomic mass is 9.79. The van der Waals surface area contributed by atoms with E-state index in [0.717, 1.165) is 5.56 Å². The standard InChI is InChI=1S/C26H26ClNO5/c1-5-31-19-13-15(12-18(27)25(19)32-6-2)21-20(26(30)33-7-3)14(4)28-23-16-10-8-9-11-17(16)24(29)22(21)23/h8-13,21,28H,5-7H2,1-4H3/t21-/m0/s1. The third-order valence-electron chi connectivity index (χ3n) is 5.70. The number of esters is 1. The normalized spacial score (nSPS) is 16.9. The zero-order valence-corrected chi connectivity index (χ0v) is 19.8. The Bertz CT molecular complexity index is 1200. The molecule has 1 atom stereocenters. The van der Waals surface area contributed by atoms with E-state index in [4.69, 9.17) is 25.8 Å². The van der Waals surface area contributed by atoms with Crippen LogP contribution in [-0.4, -0.2) is 31.6 Å². The summed E-state index contributed by atoms with van der Waals surface area (Å²) in [4.78, 5) is 26.6. The molecule has 0 aromatic heterocycles. The first kappa shape index (κ1) is 22.9. The molecule has 1 aliphatic carbocycles. The van der Waals surface area contributed by atoms with Crippen LogP contribution in [0.25, 0.3) is 5.70 Å². The van der Waals surface area contributed by atoms with Crippen molar-refractivity contribution >= 4 is 29.1 Å². The summed E-state index contributed by atoms with van der Waals surface area (Å²) in [6, 6.07) is 10.9. The molecule has 0 amide bonds. The highest BCUT2D eigenvalue weighted by Crippen LogP contribution is 2.49. The van der Waals surface area contributed by atoms with Crippen LogP contribution in [0.3, 0.4) is 0 Å². The van der Waals surface area contributed by atoms with Crippen molar-refractivity contribution in [1.82, 2.24) is 5.32 Å². The number of allylic oxidation sites excluding steroid dienone is 2. The van der Waals surface area contributed by atoms with Crippen molar-refractivity contribution in [1.29, 1.82) is 0 Å². The number of fused-ring (bicyclic) bond motifs is 2. The Morgan fingerprint density at radius 3 is 2.39 bits per heavy atom. The number of nitrogens with one attached hydrogen (secondary N) is 1. The Morgan fingerprint density at radius 2 is 1.73 bits per heavy atom. The summed E-state index contributed by atoms with van der Waals surface area (Å²) < 4.78 is 16.9. The van der Waals surface area contributed by atoms with Gasteiger partial charge in [-0.05, 0) is 45.4 Å². The molecule has 0 fully saturated rings. The second-order valence-corrected chi connectivity index (χ2v) is 8.08. The average molecular weight is 468 g/mol. The van der Waals surface area contributed by atoms with Gasteiger partial charge in [-0.3, -0.25) is 4.79 Å². The molecule has 0 spiro atoms. The Balaban J connectivity index is 1.95. The molecule has 6 nitrogen and oxygen atoms in total. The van der Waals surface area contributed by atoms with Gasteiger partial charge in [0.05, 0.1) is 36.1 Å². The number of Topliss-reactive ketones (excluding diaryl/α,β-unsaturated/α-hetero) is 1. The molecule has 7 heteroatoms. The molecule has 2 aromatic carbocycles. The molecule has 0 saturated heterocycles. The lowest BCUT2D eigenvalue weighted by Crippen LogP contribution is -2.29. The molecule has 1 aliphatic heterocycles. The van der Waals surface area contributed by atoms with Crippen molar-refractivity contribution in [2.75, 3.05) is 19.8 Å². The number of rotatable bonds is 7. The fraction of sp³-hybridized carbons (Fsp3) is 0.308. The van der Waals surface area contributed by atoms with Crippen molar-refractivity contribution in [3.8, 4) is 11.5 Å². The quantitative estimate of drug-likeness (QED) is 0.559. The zero-order valence-electron chi connectivity index (χ0n) is 19.1. The van der Waals surface area contributed by atoms with Crippen LogP contribution < -0.4 is 14.8 Å². The third kappa shape index (κ3) is 3.89. The van der Waals surface area contributed by atoms with E-state index < -0.39 is 11.9 Å². The van der Waals surface area contributed by atoms with Crippen LogP contribution in [0.2, 0.25) is 5.02 Å². The lowest BCUT2D eigenvalue weighted by molar-refractivity contribution is -0.138. The molecule has 0 radical (unpaired) electrons. The molecule has 1 N–H and O–H groups in total. The SMILES string of the molecule is CCOC(=O)C1=C(C)NC2=C(C(=O)c3ccccc32)[C@H]1c1cc(Cl)c(OCC)c(OCC)c1. The molecule has 2 aromatic rings. The van der Waals surface area contributed by atoms with Crippen molar-refractivity contribution in [3.63, 3.8) is 0 Å². The number of halogens is 1. The predicted molar refractivity (Wildman–Crippen MR) is 127 cm³/mol. The Labute approximate surface area is 198 Å². The summed E-state index contributed by atoms with van der Waals surface area (Å²) in [5.41, 5.74) is 4.27. The zero-order chi connectivity index (χ0) is 23.7. The maximum absolute atomic E-state index is 13.6. The first-order valence-electron chi connectivity index (χ1n) is 11.0. The number of carbonyl (C=O) groups excluding carboxylic acids is 2.